The summed E-state index contributed by atoms with van der Waals surface area (Å²) in [5.41, 5.74) is 1.65. The topological polar surface area (TPSA) is 79.8 Å². The fourth-order valence-electron chi connectivity index (χ4n) is 3.55. The number of nitrogens with zero attached hydrogens (tertiary/aromatic N) is 3. The van der Waals surface area contributed by atoms with Crippen LogP contribution < -0.4 is 0 Å². The summed E-state index contributed by atoms with van der Waals surface area (Å²) in [5.74, 6) is -2.09. The maximum Gasteiger partial charge on any atom is 0.337 e. The first kappa shape index (κ1) is 17.4. The molecule has 4 rings (SSSR count). The lowest BCUT2D eigenvalue weighted by Crippen LogP contribution is -2.42. The number of carbonyl (C=O) groups excluding carboxylic acids is 3. The average Bonchev–Trinajstić information content (AvgIpc) is 2.94. The maximum absolute atomic E-state index is 12.6. The van der Waals surface area contributed by atoms with Crippen molar-refractivity contribution in [2.24, 2.45) is 5.92 Å². The summed E-state index contributed by atoms with van der Waals surface area (Å²) in [5, 5.41) is 0.592. The Labute approximate surface area is 156 Å². The van der Waals surface area contributed by atoms with Crippen molar-refractivity contribution in [3.63, 3.8) is 0 Å². The Morgan fingerprint density at radius 3 is 2.41 bits per heavy atom. The number of aromatic nitrogens is 1. The summed E-state index contributed by atoms with van der Waals surface area (Å²) in [6, 6.07) is 10.4. The minimum absolute atomic E-state index is 0.262. The van der Waals surface area contributed by atoms with E-state index in [1.54, 1.807) is 36.7 Å². The maximum atomic E-state index is 12.6. The first-order chi connectivity index (χ1) is 13.1. The molecule has 7 heteroatoms. The number of piperidine rings is 1. The molecule has 7 nitrogen and oxygen atoms in total. The highest BCUT2D eigenvalue weighted by Gasteiger charge is 2.40. The number of hydrogen-bond donors (Lipinski definition) is 0. The molecule has 2 amide bonds. The van der Waals surface area contributed by atoms with Crippen molar-refractivity contribution in [3.8, 4) is 0 Å². The fourth-order valence-corrected chi connectivity index (χ4v) is 3.55. The minimum Gasteiger partial charge on any atom is -0.329 e. The zero-order chi connectivity index (χ0) is 18.8. The minimum atomic E-state index is -0.589. The molecular weight excluding hydrogens is 346 g/mol. The normalized spacial score (nSPS) is 19.9. The number of pyridine rings is 1. The molecule has 1 aromatic heterocycles. The van der Waals surface area contributed by atoms with E-state index in [0.29, 0.717) is 18.0 Å². The fraction of sp³-hybridized carbons (Fsp3) is 0.300. The highest BCUT2D eigenvalue weighted by atomic mass is 16.7. The van der Waals surface area contributed by atoms with Crippen molar-refractivity contribution in [3.05, 3.63) is 65.5 Å². The number of carbonyl (C=O) groups is 3. The van der Waals surface area contributed by atoms with Gasteiger partial charge in [0.1, 0.15) is 0 Å². The summed E-state index contributed by atoms with van der Waals surface area (Å²) in [6.45, 7) is 2.14. The van der Waals surface area contributed by atoms with Crippen LogP contribution >= 0.6 is 0 Å². The summed E-state index contributed by atoms with van der Waals surface area (Å²) in [7, 11) is 0. The predicted molar refractivity (Wildman–Crippen MR) is 95.3 cm³/mol. The van der Waals surface area contributed by atoms with Crippen molar-refractivity contribution in [2.45, 2.75) is 19.4 Å². The van der Waals surface area contributed by atoms with Crippen LogP contribution in [0.1, 0.15) is 39.1 Å². The van der Waals surface area contributed by atoms with Crippen LogP contribution in [0.4, 0.5) is 0 Å². The van der Waals surface area contributed by atoms with Gasteiger partial charge in [0, 0.05) is 25.5 Å². The van der Waals surface area contributed by atoms with Gasteiger partial charge in [-0.15, -0.1) is 0 Å². The van der Waals surface area contributed by atoms with Gasteiger partial charge < -0.3 is 4.84 Å². The summed E-state index contributed by atoms with van der Waals surface area (Å²) in [4.78, 5) is 48.7. The SMILES string of the molecule is O=C(ON1C(=O)c2ccccc2C1=O)C1CCCN(Cc2ccncc2)C1. The van der Waals surface area contributed by atoms with Crippen LogP contribution in [0.15, 0.2) is 48.8 Å². The van der Waals surface area contributed by atoms with E-state index in [-0.39, 0.29) is 17.0 Å². The van der Waals surface area contributed by atoms with Gasteiger partial charge in [-0.1, -0.05) is 17.2 Å². The summed E-state index contributed by atoms with van der Waals surface area (Å²) in [6.07, 6.45) is 5.02. The molecule has 1 aromatic carbocycles. The molecule has 1 fully saturated rings. The molecule has 0 bridgehead atoms. The quantitative estimate of drug-likeness (QED) is 0.772. The predicted octanol–water partition coefficient (Wildman–Crippen LogP) is 2.05. The zero-order valence-electron chi connectivity index (χ0n) is 14.7. The molecule has 2 aliphatic rings. The molecule has 1 atom stereocenters. The molecule has 3 heterocycles. The highest BCUT2D eigenvalue weighted by molar-refractivity contribution is 6.20. The molecule has 0 N–H and O–H groups in total. The first-order valence-electron chi connectivity index (χ1n) is 8.94. The van der Waals surface area contributed by atoms with Gasteiger partial charge >= 0.3 is 5.97 Å². The second kappa shape index (κ2) is 7.28. The van der Waals surface area contributed by atoms with E-state index < -0.39 is 17.8 Å². The Balaban J connectivity index is 1.40. The number of benzene rings is 1. The largest absolute Gasteiger partial charge is 0.337 e. The molecule has 2 aliphatic heterocycles. The lowest BCUT2D eigenvalue weighted by atomic mass is 9.98. The van der Waals surface area contributed by atoms with E-state index in [0.717, 1.165) is 25.1 Å². The molecule has 0 saturated carbocycles. The van der Waals surface area contributed by atoms with Crippen LogP contribution in [-0.4, -0.2) is 45.8 Å². The van der Waals surface area contributed by atoms with Crippen LogP contribution in [0.2, 0.25) is 0 Å². The molecule has 2 aromatic rings. The lowest BCUT2D eigenvalue weighted by Gasteiger charge is -2.31. The molecule has 27 heavy (non-hydrogen) atoms. The molecule has 0 spiro atoms. The number of likely N-dealkylation sites (tertiary alicyclic amines) is 1. The molecule has 138 valence electrons. The highest BCUT2D eigenvalue weighted by Crippen LogP contribution is 2.25. The van der Waals surface area contributed by atoms with Crippen molar-refractivity contribution >= 4 is 17.8 Å². The monoisotopic (exact) mass is 365 g/mol. The number of fused-ring (bicyclic) bond motifs is 1. The van der Waals surface area contributed by atoms with Crippen LogP contribution in [0, 0.1) is 5.92 Å². The van der Waals surface area contributed by atoms with Crippen LogP contribution in [0.5, 0.6) is 0 Å². The second-order valence-corrected chi connectivity index (χ2v) is 6.79. The van der Waals surface area contributed by atoms with Crippen LogP contribution in [0.25, 0.3) is 0 Å². The third-order valence-electron chi connectivity index (χ3n) is 4.93. The Morgan fingerprint density at radius 2 is 1.74 bits per heavy atom. The van der Waals surface area contributed by atoms with Gasteiger partial charge in [-0.2, -0.15) is 0 Å². The zero-order valence-corrected chi connectivity index (χ0v) is 14.7. The van der Waals surface area contributed by atoms with Crippen molar-refractivity contribution in [1.82, 2.24) is 14.9 Å². The van der Waals surface area contributed by atoms with E-state index in [9.17, 15) is 14.4 Å². The Bertz CT molecular complexity index is 849. The second-order valence-electron chi connectivity index (χ2n) is 6.79. The van der Waals surface area contributed by atoms with E-state index in [4.69, 9.17) is 4.84 Å². The Kier molecular flexibility index (Phi) is 4.68. The Morgan fingerprint density at radius 1 is 1.07 bits per heavy atom. The van der Waals surface area contributed by atoms with Gasteiger partial charge in [0.05, 0.1) is 17.0 Å². The van der Waals surface area contributed by atoms with Crippen LogP contribution in [0.3, 0.4) is 0 Å². The van der Waals surface area contributed by atoms with Crippen LogP contribution in [-0.2, 0) is 16.2 Å². The van der Waals surface area contributed by atoms with Gasteiger partial charge in [0.2, 0.25) is 0 Å². The van der Waals surface area contributed by atoms with Gasteiger partial charge in [0.15, 0.2) is 0 Å². The number of imide groups is 1. The number of hydroxylamine groups is 2. The number of hydrogen-bond acceptors (Lipinski definition) is 6. The first-order valence-corrected chi connectivity index (χ1v) is 8.94. The van der Waals surface area contributed by atoms with Crippen molar-refractivity contribution in [1.29, 1.82) is 0 Å². The number of rotatable bonds is 4. The molecular formula is C20H19N3O4. The van der Waals surface area contributed by atoms with E-state index in [1.807, 2.05) is 12.1 Å². The van der Waals surface area contributed by atoms with Crippen molar-refractivity contribution < 1.29 is 19.2 Å². The third-order valence-corrected chi connectivity index (χ3v) is 4.93. The van der Waals surface area contributed by atoms with Gasteiger partial charge in [-0.25, -0.2) is 4.79 Å². The van der Waals surface area contributed by atoms with Gasteiger partial charge in [-0.05, 0) is 49.2 Å². The van der Waals surface area contributed by atoms with Gasteiger partial charge in [0.25, 0.3) is 11.8 Å². The average molecular weight is 365 g/mol. The molecule has 0 radical (unpaired) electrons. The van der Waals surface area contributed by atoms with E-state index in [1.165, 1.54) is 0 Å². The Hall–Kier alpha value is -3.06. The summed E-state index contributed by atoms with van der Waals surface area (Å²) >= 11 is 0. The molecule has 1 saturated heterocycles. The standard InChI is InChI=1S/C20H19N3O4/c24-18-16-5-1-2-6-17(16)19(25)23(18)27-20(26)15-4-3-11-22(13-15)12-14-7-9-21-10-8-14/h1-2,5-10,15H,3-4,11-13H2. The molecule has 1 unspecified atom stereocenters. The van der Waals surface area contributed by atoms with Crippen molar-refractivity contribution in [2.75, 3.05) is 13.1 Å². The third kappa shape index (κ3) is 3.46. The van der Waals surface area contributed by atoms with E-state index in [2.05, 4.69) is 9.88 Å². The van der Waals surface area contributed by atoms with E-state index >= 15 is 0 Å². The number of amides is 2. The molecule has 0 aliphatic carbocycles. The van der Waals surface area contributed by atoms with Gasteiger partial charge in [-0.3, -0.25) is 19.5 Å². The smallest absolute Gasteiger partial charge is 0.329 e. The lowest BCUT2D eigenvalue weighted by molar-refractivity contribution is -0.175. The summed E-state index contributed by atoms with van der Waals surface area (Å²) < 4.78 is 0.